The molecule has 0 aliphatic heterocycles. The Kier molecular flexibility index (Phi) is 3.01. The number of nitrogens with zero attached hydrogens (tertiary/aromatic N) is 2. The molecule has 0 bridgehead atoms. The van der Waals surface area contributed by atoms with Crippen LogP contribution in [0.1, 0.15) is 17.4 Å². The highest BCUT2D eigenvalue weighted by Gasteiger charge is 2.11. The van der Waals surface area contributed by atoms with E-state index in [1.165, 1.54) is 6.07 Å². The number of pyridine rings is 2. The molecule has 0 amide bonds. The molecule has 82 valence electrons. The average molecular weight is 237 g/mol. The number of aromatic nitrogens is 2. The van der Waals surface area contributed by atoms with Crippen LogP contribution in [0.5, 0.6) is 0 Å². The van der Waals surface area contributed by atoms with Crippen molar-refractivity contribution < 1.29 is 9.53 Å². The predicted octanol–water partition coefficient (Wildman–Crippen LogP) is 2.46. The third-order valence-corrected chi connectivity index (χ3v) is 2.36. The van der Waals surface area contributed by atoms with Gasteiger partial charge in [-0.3, -0.25) is 4.98 Å². The van der Waals surface area contributed by atoms with Crippen molar-refractivity contribution in [3.05, 3.63) is 35.2 Å². The molecule has 0 aromatic carbocycles. The molecule has 2 aromatic heterocycles. The first kappa shape index (κ1) is 10.8. The Hall–Kier alpha value is -1.68. The van der Waals surface area contributed by atoms with E-state index in [2.05, 4.69) is 9.97 Å². The molecule has 0 aliphatic rings. The molecule has 2 rings (SSSR count). The van der Waals surface area contributed by atoms with Crippen LogP contribution >= 0.6 is 11.6 Å². The molecule has 0 unspecified atom stereocenters. The quantitative estimate of drug-likeness (QED) is 0.752. The number of rotatable bonds is 2. The van der Waals surface area contributed by atoms with Gasteiger partial charge in [-0.2, -0.15) is 0 Å². The summed E-state index contributed by atoms with van der Waals surface area (Å²) in [5.41, 5.74) is 0.783. The topological polar surface area (TPSA) is 52.1 Å². The highest BCUT2D eigenvalue weighted by atomic mass is 35.5. The van der Waals surface area contributed by atoms with Crippen molar-refractivity contribution in [1.82, 2.24) is 9.97 Å². The van der Waals surface area contributed by atoms with Gasteiger partial charge >= 0.3 is 5.97 Å². The average Bonchev–Trinajstić information content (AvgIpc) is 2.29. The summed E-state index contributed by atoms with van der Waals surface area (Å²) >= 11 is 6.03. The van der Waals surface area contributed by atoms with Crippen molar-refractivity contribution in [2.75, 3.05) is 6.61 Å². The minimum atomic E-state index is -0.477. The van der Waals surface area contributed by atoms with Gasteiger partial charge in [-0.25, -0.2) is 9.78 Å². The van der Waals surface area contributed by atoms with Gasteiger partial charge in [0.05, 0.1) is 23.3 Å². The molecule has 16 heavy (non-hydrogen) atoms. The number of carbonyl (C=O) groups excluding carboxylic acids is 1. The standard InChI is InChI=1S/C11H9ClN2O2/c1-2-16-11(15)9-5-8(12)7-3-4-13-6-10(7)14-9/h3-6H,2H2,1H3. The van der Waals surface area contributed by atoms with Crippen molar-refractivity contribution in [3.8, 4) is 0 Å². The lowest BCUT2D eigenvalue weighted by molar-refractivity contribution is 0.0520. The summed E-state index contributed by atoms with van der Waals surface area (Å²) in [6.45, 7) is 2.05. The number of hydrogen-bond donors (Lipinski definition) is 0. The van der Waals surface area contributed by atoms with Crippen LogP contribution in [-0.2, 0) is 4.74 Å². The van der Waals surface area contributed by atoms with Gasteiger partial charge in [0.2, 0.25) is 0 Å². The molecule has 0 saturated carbocycles. The van der Waals surface area contributed by atoms with E-state index >= 15 is 0 Å². The molecule has 4 nitrogen and oxygen atoms in total. The molecule has 5 heteroatoms. The summed E-state index contributed by atoms with van der Waals surface area (Å²) in [6, 6.07) is 3.25. The minimum absolute atomic E-state index is 0.201. The Bertz CT molecular complexity index is 542. The Morgan fingerprint density at radius 1 is 1.56 bits per heavy atom. The monoisotopic (exact) mass is 236 g/mol. The van der Waals surface area contributed by atoms with Crippen molar-refractivity contribution in [3.63, 3.8) is 0 Å². The zero-order valence-corrected chi connectivity index (χ0v) is 9.36. The lowest BCUT2D eigenvalue weighted by Crippen LogP contribution is -2.07. The first-order valence-corrected chi connectivity index (χ1v) is 5.17. The second-order valence-corrected chi connectivity index (χ2v) is 3.51. The first-order valence-electron chi connectivity index (χ1n) is 4.79. The fourth-order valence-electron chi connectivity index (χ4n) is 1.35. The molecule has 0 radical (unpaired) electrons. The van der Waals surface area contributed by atoms with Crippen molar-refractivity contribution in [2.24, 2.45) is 0 Å². The van der Waals surface area contributed by atoms with Gasteiger partial charge in [-0.15, -0.1) is 0 Å². The van der Waals surface area contributed by atoms with Crippen LogP contribution in [0.2, 0.25) is 5.02 Å². The fourth-order valence-corrected chi connectivity index (χ4v) is 1.61. The fraction of sp³-hybridized carbons (Fsp3) is 0.182. The van der Waals surface area contributed by atoms with E-state index in [0.29, 0.717) is 17.1 Å². The third-order valence-electron chi connectivity index (χ3n) is 2.05. The Balaban J connectivity index is 2.53. The maximum atomic E-state index is 11.5. The van der Waals surface area contributed by atoms with E-state index in [4.69, 9.17) is 16.3 Å². The van der Waals surface area contributed by atoms with Crippen LogP contribution in [0.4, 0.5) is 0 Å². The van der Waals surface area contributed by atoms with Crippen molar-refractivity contribution >= 4 is 28.5 Å². The number of esters is 1. The zero-order chi connectivity index (χ0) is 11.5. The van der Waals surface area contributed by atoms with Gasteiger partial charge in [-0.1, -0.05) is 11.6 Å². The van der Waals surface area contributed by atoms with Crippen LogP contribution in [0.3, 0.4) is 0 Å². The van der Waals surface area contributed by atoms with E-state index in [-0.39, 0.29) is 5.69 Å². The van der Waals surface area contributed by atoms with E-state index in [0.717, 1.165) is 5.39 Å². The second kappa shape index (κ2) is 4.45. The van der Waals surface area contributed by atoms with Crippen molar-refractivity contribution in [2.45, 2.75) is 6.92 Å². The van der Waals surface area contributed by atoms with Gasteiger partial charge in [0, 0.05) is 11.6 Å². The highest BCUT2D eigenvalue weighted by molar-refractivity contribution is 6.35. The van der Waals surface area contributed by atoms with E-state index in [1.807, 2.05) is 0 Å². The van der Waals surface area contributed by atoms with Gasteiger partial charge in [0.15, 0.2) is 5.69 Å². The SMILES string of the molecule is CCOC(=O)c1cc(Cl)c2ccncc2n1. The molecule has 2 heterocycles. The zero-order valence-electron chi connectivity index (χ0n) is 8.61. The maximum Gasteiger partial charge on any atom is 0.356 e. The van der Waals surface area contributed by atoms with Gasteiger partial charge in [-0.05, 0) is 19.1 Å². The summed E-state index contributed by atoms with van der Waals surface area (Å²) in [4.78, 5) is 19.5. The largest absolute Gasteiger partial charge is 0.461 e. The van der Waals surface area contributed by atoms with Crippen LogP contribution in [-0.4, -0.2) is 22.5 Å². The molecular formula is C11H9ClN2O2. The smallest absolute Gasteiger partial charge is 0.356 e. The second-order valence-electron chi connectivity index (χ2n) is 3.10. The number of carbonyl (C=O) groups is 1. The Morgan fingerprint density at radius 2 is 2.38 bits per heavy atom. The first-order chi connectivity index (χ1) is 7.72. The third kappa shape index (κ3) is 1.97. The molecule has 0 spiro atoms. The molecule has 0 fully saturated rings. The molecular weight excluding hydrogens is 228 g/mol. The van der Waals surface area contributed by atoms with Gasteiger partial charge in [0.25, 0.3) is 0 Å². The summed E-state index contributed by atoms with van der Waals surface area (Å²) in [7, 11) is 0. The number of hydrogen-bond acceptors (Lipinski definition) is 4. The van der Waals surface area contributed by atoms with Gasteiger partial charge in [0.1, 0.15) is 0 Å². The lowest BCUT2D eigenvalue weighted by atomic mass is 10.2. The maximum absolute atomic E-state index is 11.5. The van der Waals surface area contributed by atoms with Gasteiger partial charge < -0.3 is 4.74 Å². The summed E-state index contributed by atoms with van der Waals surface area (Å²) in [6.07, 6.45) is 3.18. The van der Waals surface area contributed by atoms with Crippen LogP contribution < -0.4 is 0 Å². The van der Waals surface area contributed by atoms with E-state index in [9.17, 15) is 4.79 Å². The van der Waals surface area contributed by atoms with E-state index in [1.54, 1.807) is 25.4 Å². The Morgan fingerprint density at radius 3 is 3.12 bits per heavy atom. The lowest BCUT2D eigenvalue weighted by Gasteiger charge is -2.04. The molecule has 0 aliphatic carbocycles. The van der Waals surface area contributed by atoms with E-state index < -0.39 is 5.97 Å². The number of fused-ring (bicyclic) bond motifs is 1. The van der Waals surface area contributed by atoms with Crippen LogP contribution in [0, 0.1) is 0 Å². The molecule has 0 saturated heterocycles. The van der Waals surface area contributed by atoms with Crippen LogP contribution in [0.15, 0.2) is 24.5 Å². The highest BCUT2D eigenvalue weighted by Crippen LogP contribution is 2.22. The Labute approximate surface area is 97.2 Å². The molecule has 0 N–H and O–H groups in total. The van der Waals surface area contributed by atoms with Crippen LogP contribution in [0.25, 0.3) is 10.9 Å². The minimum Gasteiger partial charge on any atom is -0.461 e. The molecule has 0 atom stereocenters. The summed E-state index contributed by atoms with van der Waals surface area (Å²) < 4.78 is 4.85. The number of halogens is 1. The normalized spacial score (nSPS) is 10.4. The predicted molar refractivity (Wildman–Crippen MR) is 60.5 cm³/mol. The summed E-state index contributed by atoms with van der Waals surface area (Å²) in [5, 5.41) is 1.24. The van der Waals surface area contributed by atoms with Crippen molar-refractivity contribution in [1.29, 1.82) is 0 Å². The number of ether oxygens (including phenoxy) is 1. The molecule has 2 aromatic rings. The summed E-state index contributed by atoms with van der Waals surface area (Å²) in [5.74, 6) is -0.477.